The maximum absolute atomic E-state index is 9.36. The highest BCUT2D eigenvalue weighted by Gasteiger charge is 2.41. The van der Waals surface area contributed by atoms with Crippen LogP contribution in [0.2, 0.25) is 0 Å². The predicted octanol–water partition coefficient (Wildman–Crippen LogP) is 2.27. The topological polar surface area (TPSA) is 50.7 Å². The lowest BCUT2D eigenvalue weighted by molar-refractivity contribution is 0.207. The lowest BCUT2D eigenvalue weighted by Crippen LogP contribution is -2.26. The molecule has 1 atom stereocenters. The van der Waals surface area contributed by atoms with Gasteiger partial charge in [0, 0.05) is 42.7 Å². The van der Waals surface area contributed by atoms with E-state index < -0.39 is 0 Å². The largest absolute Gasteiger partial charge is 0.494 e. The zero-order valence-electron chi connectivity index (χ0n) is 12.9. The Morgan fingerprint density at radius 2 is 2.24 bits per heavy atom. The van der Waals surface area contributed by atoms with E-state index in [1.807, 2.05) is 6.92 Å². The molecule has 1 fully saturated rings. The van der Waals surface area contributed by atoms with Crippen molar-refractivity contribution < 1.29 is 14.6 Å². The monoisotopic (exact) mass is 291 g/mol. The summed E-state index contributed by atoms with van der Waals surface area (Å²) in [5.41, 5.74) is 2.51. The molecule has 1 aliphatic heterocycles. The maximum Gasteiger partial charge on any atom is 0.124 e. The molecular weight excluding hydrogens is 266 g/mol. The van der Waals surface area contributed by atoms with Crippen LogP contribution < -0.4 is 14.8 Å². The normalized spacial score (nSPS) is 21.8. The van der Waals surface area contributed by atoms with Crippen molar-refractivity contribution in [2.45, 2.75) is 45.8 Å². The highest BCUT2D eigenvalue weighted by molar-refractivity contribution is 5.48. The van der Waals surface area contributed by atoms with Crippen molar-refractivity contribution in [3.8, 4) is 11.5 Å². The third kappa shape index (κ3) is 3.16. The minimum atomic E-state index is 0.132. The van der Waals surface area contributed by atoms with E-state index in [9.17, 15) is 5.11 Å². The smallest absolute Gasteiger partial charge is 0.124 e. The van der Waals surface area contributed by atoms with Gasteiger partial charge in [-0.2, -0.15) is 0 Å². The van der Waals surface area contributed by atoms with E-state index in [2.05, 4.69) is 24.4 Å². The quantitative estimate of drug-likeness (QED) is 0.809. The number of nitrogens with one attached hydrogen (secondary N) is 1. The SMILES string of the molecule is CCOc1cc2c(cc1CNCC1(CO)CC1)OC(C)C2. The van der Waals surface area contributed by atoms with Gasteiger partial charge < -0.3 is 19.9 Å². The summed E-state index contributed by atoms with van der Waals surface area (Å²) < 4.78 is 11.6. The Morgan fingerprint density at radius 3 is 2.90 bits per heavy atom. The summed E-state index contributed by atoms with van der Waals surface area (Å²) in [6.07, 6.45) is 3.46. The standard InChI is InChI=1S/C17H25NO3/c1-3-20-15-7-13-6-12(2)21-16(13)8-14(15)9-18-10-17(11-19)4-5-17/h7-8,12,18-19H,3-6,9-11H2,1-2H3. The van der Waals surface area contributed by atoms with Crippen LogP contribution in [0, 0.1) is 5.41 Å². The van der Waals surface area contributed by atoms with Crippen LogP contribution in [0.5, 0.6) is 11.5 Å². The van der Waals surface area contributed by atoms with Crippen LogP contribution in [0.4, 0.5) is 0 Å². The first-order valence-electron chi connectivity index (χ1n) is 7.92. The molecular formula is C17H25NO3. The minimum absolute atomic E-state index is 0.132. The van der Waals surface area contributed by atoms with Gasteiger partial charge in [-0.05, 0) is 38.8 Å². The maximum atomic E-state index is 9.36. The summed E-state index contributed by atoms with van der Waals surface area (Å²) >= 11 is 0. The Balaban J connectivity index is 1.69. The Morgan fingerprint density at radius 1 is 1.43 bits per heavy atom. The molecule has 0 amide bonds. The van der Waals surface area contributed by atoms with E-state index in [4.69, 9.17) is 9.47 Å². The zero-order chi connectivity index (χ0) is 14.9. The van der Waals surface area contributed by atoms with Crippen molar-refractivity contribution in [2.75, 3.05) is 19.8 Å². The van der Waals surface area contributed by atoms with E-state index in [1.165, 1.54) is 5.56 Å². The molecule has 2 aliphatic rings. The van der Waals surface area contributed by atoms with Gasteiger partial charge in [0.05, 0.1) is 6.61 Å². The first kappa shape index (κ1) is 14.7. The van der Waals surface area contributed by atoms with Crippen molar-refractivity contribution >= 4 is 0 Å². The van der Waals surface area contributed by atoms with Gasteiger partial charge in [0.25, 0.3) is 0 Å². The van der Waals surface area contributed by atoms with Crippen LogP contribution >= 0.6 is 0 Å². The Bertz CT molecular complexity index is 511. The van der Waals surface area contributed by atoms with Crippen molar-refractivity contribution in [1.29, 1.82) is 0 Å². The summed E-state index contributed by atoms with van der Waals surface area (Å²) in [7, 11) is 0. The van der Waals surface area contributed by atoms with Gasteiger partial charge in [0.15, 0.2) is 0 Å². The number of hydrogen-bond acceptors (Lipinski definition) is 4. The second-order valence-corrected chi connectivity index (χ2v) is 6.39. The molecule has 1 aromatic carbocycles. The number of aliphatic hydroxyl groups excluding tert-OH is 1. The molecule has 4 nitrogen and oxygen atoms in total. The summed E-state index contributed by atoms with van der Waals surface area (Å²) in [6.45, 7) is 6.67. The van der Waals surface area contributed by atoms with Crippen molar-refractivity contribution in [1.82, 2.24) is 5.32 Å². The second-order valence-electron chi connectivity index (χ2n) is 6.39. The van der Waals surface area contributed by atoms with Crippen LogP contribution in [-0.2, 0) is 13.0 Å². The number of ether oxygens (including phenoxy) is 2. The third-order valence-electron chi connectivity index (χ3n) is 4.49. The third-order valence-corrected chi connectivity index (χ3v) is 4.49. The molecule has 21 heavy (non-hydrogen) atoms. The van der Waals surface area contributed by atoms with E-state index in [0.717, 1.165) is 49.4 Å². The summed E-state index contributed by atoms with van der Waals surface area (Å²) in [6, 6.07) is 4.23. The molecule has 3 rings (SSSR count). The molecule has 1 unspecified atom stereocenters. The van der Waals surface area contributed by atoms with Crippen molar-refractivity contribution in [2.24, 2.45) is 5.41 Å². The Labute approximate surface area is 126 Å². The van der Waals surface area contributed by atoms with Crippen LogP contribution in [0.3, 0.4) is 0 Å². The van der Waals surface area contributed by atoms with Gasteiger partial charge in [0.1, 0.15) is 17.6 Å². The summed E-state index contributed by atoms with van der Waals surface area (Å²) in [5.74, 6) is 1.95. The van der Waals surface area contributed by atoms with Gasteiger partial charge >= 0.3 is 0 Å². The van der Waals surface area contributed by atoms with Gasteiger partial charge in [-0.15, -0.1) is 0 Å². The first-order chi connectivity index (χ1) is 10.2. The van der Waals surface area contributed by atoms with Crippen molar-refractivity contribution in [3.63, 3.8) is 0 Å². The van der Waals surface area contributed by atoms with Gasteiger partial charge in [-0.25, -0.2) is 0 Å². The van der Waals surface area contributed by atoms with E-state index in [-0.39, 0.29) is 18.1 Å². The van der Waals surface area contributed by atoms with E-state index in [1.54, 1.807) is 0 Å². The molecule has 1 heterocycles. The molecule has 0 aromatic heterocycles. The fourth-order valence-corrected chi connectivity index (χ4v) is 2.94. The molecule has 2 N–H and O–H groups in total. The molecule has 116 valence electrons. The molecule has 1 saturated carbocycles. The van der Waals surface area contributed by atoms with Crippen LogP contribution in [0.1, 0.15) is 37.8 Å². The molecule has 0 spiro atoms. The molecule has 0 bridgehead atoms. The fraction of sp³-hybridized carbons (Fsp3) is 0.647. The molecule has 1 aliphatic carbocycles. The van der Waals surface area contributed by atoms with Crippen LogP contribution in [0.25, 0.3) is 0 Å². The fourth-order valence-electron chi connectivity index (χ4n) is 2.94. The van der Waals surface area contributed by atoms with Gasteiger partial charge in [-0.3, -0.25) is 0 Å². The number of hydrogen-bond donors (Lipinski definition) is 2. The molecule has 4 heteroatoms. The Hall–Kier alpha value is -1.26. The lowest BCUT2D eigenvalue weighted by Gasteiger charge is -2.16. The highest BCUT2D eigenvalue weighted by Crippen LogP contribution is 2.44. The zero-order valence-corrected chi connectivity index (χ0v) is 12.9. The lowest BCUT2D eigenvalue weighted by atomic mass is 10.1. The molecule has 1 aromatic rings. The van der Waals surface area contributed by atoms with Crippen LogP contribution in [-0.4, -0.2) is 31.0 Å². The second kappa shape index (κ2) is 5.85. The van der Waals surface area contributed by atoms with Crippen molar-refractivity contribution in [3.05, 3.63) is 23.3 Å². The molecule has 0 saturated heterocycles. The van der Waals surface area contributed by atoms with Gasteiger partial charge in [0.2, 0.25) is 0 Å². The minimum Gasteiger partial charge on any atom is -0.494 e. The predicted molar refractivity (Wildman–Crippen MR) is 81.9 cm³/mol. The number of aliphatic hydroxyl groups is 1. The highest BCUT2D eigenvalue weighted by atomic mass is 16.5. The van der Waals surface area contributed by atoms with E-state index in [0.29, 0.717) is 6.61 Å². The van der Waals surface area contributed by atoms with Gasteiger partial charge in [-0.1, -0.05) is 0 Å². The Kier molecular flexibility index (Phi) is 4.09. The molecule has 0 radical (unpaired) electrons. The average molecular weight is 291 g/mol. The number of benzene rings is 1. The van der Waals surface area contributed by atoms with E-state index >= 15 is 0 Å². The summed E-state index contributed by atoms with van der Waals surface area (Å²) in [4.78, 5) is 0. The summed E-state index contributed by atoms with van der Waals surface area (Å²) in [5, 5.41) is 12.8. The first-order valence-corrected chi connectivity index (χ1v) is 7.92. The number of rotatable bonds is 7. The van der Waals surface area contributed by atoms with Crippen LogP contribution in [0.15, 0.2) is 12.1 Å². The number of fused-ring (bicyclic) bond motifs is 1. The average Bonchev–Trinajstić information content (AvgIpc) is 3.15.